The van der Waals surface area contributed by atoms with E-state index in [1.165, 1.54) is 6.07 Å². The van der Waals surface area contributed by atoms with Gasteiger partial charge in [0.05, 0.1) is 5.56 Å². The molecular formula is C12H10F3N3S. The Kier molecular flexibility index (Phi) is 3.66. The molecule has 0 atom stereocenters. The molecule has 2 N–H and O–H groups in total. The van der Waals surface area contributed by atoms with Crippen molar-refractivity contribution in [1.82, 2.24) is 9.97 Å². The van der Waals surface area contributed by atoms with Crippen LogP contribution in [-0.4, -0.2) is 9.97 Å². The van der Waals surface area contributed by atoms with E-state index < -0.39 is 11.7 Å². The Morgan fingerprint density at radius 2 is 1.79 bits per heavy atom. The number of hydrogen-bond acceptors (Lipinski definition) is 4. The number of alkyl halides is 3. The number of hydrogen-bond donors (Lipinski definition) is 1. The topological polar surface area (TPSA) is 51.8 Å². The SMILES string of the molecule is Cc1cnc(Sc2ccc(C(F)(F)F)cc2N)nc1. The van der Waals surface area contributed by atoms with Crippen molar-refractivity contribution in [3.05, 3.63) is 41.7 Å². The van der Waals surface area contributed by atoms with E-state index in [1.807, 2.05) is 6.92 Å². The maximum absolute atomic E-state index is 12.5. The molecule has 2 aromatic rings. The molecule has 2 rings (SSSR count). The number of anilines is 1. The molecule has 0 aliphatic heterocycles. The Balaban J connectivity index is 2.24. The Hall–Kier alpha value is -1.76. The summed E-state index contributed by atoms with van der Waals surface area (Å²) in [6.07, 6.45) is -1.12. The van der Waals surface area contributed by atoms with Crippen LogP contribution in [0.1, 0.15) is 11.1 Å². The van der Waals surface area contributed by atoms with Gasteiger partial charge in [0, 0.05) is 23.0 Å². The second-order valence-electron chi connectivity index (χ2n) is 3.90. The zero-order valence-electron chi connectivity index (χ0n) is 9.90. The summed E-state index contributed by atoms with van der Waals surface area (Å²) in [6.45, 7) is 1.85. The predicted molar refractivity (Wildman–Crippen MR) is 66.7 cm³/mol. The van der Waals surface area contributed by atoms with Gasteiger partial charge in [0.25, 0.3) is 0 Å². The number of benzene rings is 1. The van der Waals surface area contributed by atoms with Crippen LogP contribution >= 0.6 is 11.8 Å². The third-order valence-electron chi connectivity index (χ3n) is 2.30. The van der Waals surface area contributed by atoms with Gasteiger partial charge >= 0.3 is 6.18 Å². The second kappa shape index (κ2) is 5.08. The zero-order chi connectivity index (χ0) is 14.0. The van der Waals surface area contributed by atoms with Crippen LogP contribution in [0.4, 0.5) is 18.9 Å². The first-order valence-corrected chi connectivity index (χ1v) is 6.11. The fraction of sp³-hybridized carbons (Fsp3) is 0.167. The Bertz CT molecular complexity index is 582. The van der Waals surface area contributed by atoms with Crippen LogP contribution in [0.25, 0.3) is 0 Å². The van der Waals surface area contributed by atoms with E-state index in [9.17, 15) is 13.2 Å². The predicted octanol–water partition coefficient (Wildman–Crippen LogP) is 3.54. The fourth-order valence-electron chi connectivity index (χ4n) is 1.35. The highest BCUT2D eigenvalue weighted by atomic mass is 32.2. The lowest BCUT2D eigenvalue weighted by molar-refractivity contribution is -0.137. The number of rotatable bonds is 2. The monoisotopic (exact) mass is 285 g/mol. The lowest BCUT2D eigenvalue weighted by Crippen LogP contribution is -2.05. The van der Waals surface area contributed by atoms with Crippen LogP contribution in [-0.2, 0) is 6.18 Å². The molecule has 0 fully saturated rings. The molecular weight excluding hydrogens is 275 g/mol. The van der Waals surface area contributed by atoms with E-state index in [0.717, 1.165) is 29.5 Å². The van der Waals surface area contributed by atoms with Crippen molar-refractivity contribution in [2.24, 2.45) is 0 Å². The number of aryl methyl sites for hydroxylation is 1. The van der Waals surface area contributed by atoms with Crippen LogP contribution in [0.5, 0.6) is 0 Å². The summed E-state index contributed by atoms with van der Waals surface area (Å²) in [7, 11) is 0. The van der Waals surface area contributed by atoms with E-state index >= 15 is 0 Å². The van der Waals surface area contributed by atoms with Gasteiger partial charge in [0.1, 0.15) is 0 Å². The van der Waals surface area contributed by atoms with Gasteiger partial charge in [-0.2, -0.15) is 13.2 Å². The molecule has 3 nitrogen and oxygen atoms in total. The molecule has 0 saturated carbocycles. The molecule has 1 heterocycles. The van der Waals surface area contributed by atoms with Gasteiger partial charge in [0.2, 0.25) is 0 Å². The first-order valence-electron chi connectivity index (χ1n) is 5.29. The minimum atomic E-state index is -4.39. The molecule has 1 aromatic carbocycles. The van der Waals surface area contributed by atoms with Crippen molar-refractivity contribution in [2.75, 3.05) is 5.73 Å². The van der Waals surface area contributed by atoms with E-state index in [-0.39, 0.29) is 5.69 Å². The third kappa shape index (κ3) is 3.37. The minimum Gasteiger partial charge on any atom is -0.398 e. The summed E-state index contributed by atoms with van der Waals surface area (Å²) in [6, 6.07) is 3.23. The van der Waals surface area contributed by atoms with Crippen LogP contribution in [0.3, 0.4) is 0 Å². The summed E-state index contributed by atoms with van der Waals surface area (Å²) in [5.74, 6) is 0. The smallest absolute Gasteiger partial charge is 0.398 e. The third-order valence-corrected chi connectivity index (χ3v) is 3.28. The molecule has 0 aliphatic rings. The molecule has 0 bridgehead atoms. The van der Waals surface area contributed by atoms with Gasteiger partial charge in [-0.15, -0.1) is 0 Å². The highest BCUT2D eigenvalue weighted by molar-refractivity contribution is 7.99. The minimum absolute atomic E-state index is 0.0593. The number of nitrogens with zero attached hydrogens (tertiary/aromatic N) is 2. The summed E-state index contributed by atoms with van der Waals surface area (Å²) in [5.41, 5.74) is 5.82. The van der Waals surface area contributed by atoms with Crippen LogP contribution in [0.15, 0.2) is 40.6 Å². The number of nitrogens with two attached hydrogens (primary N) is 1. The first kappa shape index (κ1) is 13.7. The standard InChI is InChI=1S/C12H10F3N3S/c1-7-5-17-11(18-6-7)19-10-3-2-8(4-9(10)16)12(13,14)15/h2-6H,16H2,1H3. The van der Waals surface area contributed by atoms with Crippen LogP contribution < -0.4 is 5.73 Å². The maximum atomic E-state index is 12.5. The zero-order valence-corrected chi connectivity index (χ0v) is 10.7. The van der Waals surface area contributed by atoms with Crippen molar-refractivity contribution in [2.45, 2.75) is 23.2 Å². The molecule has 0 spiro atoms. The summed E-state index contributed by atoms with van der Waals surface area (Å²) in [4.78, 5) is 8.62. The van der Waals surface area contributed by atoms with Gasteiger partial charge in [-0.3, -0.25) is 0 Å². The van der Waals surface area contributed by atoms with Gasteiger partial charge < -0.3 is 5.73 Å². The van der Waals surface area contributed by atoms with Gasteiger partial charge in [-0.25, -0.2) is 9.97 Å². The van der Waals surface area contributed by atoms with Crippen LogP contribution in [0.2, 0.25) is 0 Å². The summed E-state index contributed by atoms with van der Waals surface area (Å²) < 4.78 is 37.5. The number of aromatic nitrogens is 2. The average molecular weight is 285 g/mol. The first-order chi connectivity index (χ1) is 8.86. The molecule has 100 valence electrons. The molecule has 0 aliphatic carbocycles. The number of nitrogen functional groups attached to an aromatic ring is 1. The Morgan fingerprint density at radius 3 is 2.32 bits per heavy atom. The van der Waals surface area contributed by atoms with E-state index in [1.54, 1.807) is 12.4 Å². The molecule has 0 amide bonds. The highest BCUT2D eigenvalue weighted by Crippen LogP contribution is 2.35. The van der Waals surface area contributed by atoms with Gasteiger partial charge in [-0.1, -0.05) is 0 Å². The quantitative estimate of drug-likeness (QED) is 0.677. The maximum Gasteiger partial charge on any atom is 0.416 e. The fourth-order valence-corrected chi connectivity index (χ4v) is 2.07. The second-order valence-corrected chi connectivity index (χ2v) is 4.90. The largest absolute Gasteiger partial charge is 0.416 e. The summed E-state index contributed by atoms with van der Waals surface area (Å²) in [5, 5.41) is 0.442. The van der Waals surface area contributed by atoms with Gasteiger partial charge in [0.15, 0.2) is 5.16 Å². The lowest BCUT2D eigenvalue weighted by Gasteiger charge is -2.09. The molecule has 0 radical (unpaired) electrons. The summed E-state index contributed by atoms with van der Waals surface area (Å²) >= 11 is 1.13. The molecule has 1 aromatic heterocycles. The van der Waals surface area contributed by atoms with E-state index in [4.69, 9.17) is 5.73 Å². The number of halogens is 3. The van der Waals surface area contributed by atoms with Crippen molar-refractivity contribution in [1.29, 1.82) is 0 Å². The molecule has 0 unspecified atom stereocenters. The lowest BCUT2D eigenvalue weighted by atomic mass is 10.2. The Labute approximate surface area is 112 Å². The van der Waals surface area contributed by atoms with Crippen molar-refractivity contribution in [3.63, 3.8) is 0 Å². The van der Waals surface area contributed by atoms with Gasteiger partial charge in [-0.05, 0) is 42.4 Å². The normalized spacial score (nSPS) is 11.6. The molecule has 0 saturated heterocycles. The van der Waals surface area contributed by atoms with E-state index in [0.29, 0.717) is 10.1 Å². The average Bonchev–Trinajstić information content (AvgIpc) is 2.33. The molecule has 7 heteroatoms. The van der Waals surface area contributed by atoms with Crippen molar-refractivity contribution < 1.29 is 13.2 Å². The highest BCUT2D eigenvalue weighted by Gasteiger charge is 2.30. The Morgan fingerprint density at radius 1 is 1.16 bits per heavy atom. The molecule has 19 heavy (non-hydrogen) atoms. The van der Waals surface area contributed by atoms with Crippen molar-refractivity contribution >= 4 is 17.4 Å². The van der Waals surface area contributed by atoms with E-state index in [2.05, 4.69) is 9.97 Å². The van der Waals surface area contributed by atoms with Crippen molar-refractivity contribution in [3.8, 4) is 0 Å². The van der Waals surface area contributed by atoms with Crippen LogP contribution in [0, 0.1) is 6.92 Å².